The average Bonchev–Trinajstić information content (AvgIpc) is 2.11. The molecule has 0 amide bonds. The predicted octanol–water partition coefficient (Wildman–Crippen LogP) is 2.97. The molecule has 12 heavy (non-hydrogen) atoms. The maximum Gasteiger partial charge on any atom is 0.118 e. The highest BCUT2D eigenvalue weighted by Gasteiger charge is 1.87. The molecule has 0 aliphatic rings. The molecule has 0 unspecified atom stereocenters. The van der Waals surface area contributed by atoms with Gasteiger partial charge >= 0.3 is 0 Å². The van der Waals surface area contributed by atoms with Gasteiger partial charge in [0.25, 0.3) is 0 Å². The molecule has 0 rings (SSSR count). The van der Waals surface area contributed by atoms with E-state index in [1.54, 1.807) is 6.08 Å². The van der Waals surface area contributed by atoms with Crippen molar-refractivity contribution in [1.82, 2.24) is 0 Å². The number of ether oxygens (including phenoxy) is 1. The predicted molar refractivity (Wildman–Crippen MR) is 57.5 cm³/mol. The molecular weight excluding hydrogens is 168 g/mol. The molecule has 0 aromatic heterocycles. The Bertz CT molecular complexity index is 192. The molecule has 0 aromatic rings. The molecule has 68 valence electrons. The van der Waals surface area contributed by atoms with Crippen LogP contribution in [0.3, 0.4) is 0 Å². The molecule has 0 atom stereocenters. The van der Waals surface area contributed by atoms with E-state index in [9.17, 15) is 0 Å². The number of allylic oxidation sites excluding steroid dienone is 3. The van der Waals surface area contributed by atoms with E-state index in [0.29, 0.717) is 6.61 Å². The van der Waals surface area contributed by atoms with Crippen molar-refractivity contribution in [2.24, 2.45) is 0 Å². The van der Waals surface area contributed by atoms with Gasteiger partial charge in [-0.3, -0.25) is 0 Å². The summed E-state index contributed by atoms with van der Waals surface area (Å²) in [6, 6.07) is 0. The molecule has 0 spiro atoms. The van der Waals surface area contributed by atoms with Gasteiger partial charge in [0, 0.05) is 5.75 Å². The minimum atomic E-state index is 0.672. The lowest BCUT2D eigenvalue weighted by molar-refractivity contribution is 0.243. The summed E-state index contributed by atoms with van der Waals surface area (Å²) in [5.41, 5.74) is 1.21. The second-order valence-corrected chi connectivity index (χ2v) is 2.69. The van der Waals surface area contributed by atoms with E-state index < -0.39 is 0 Å². The molecule has 0 aliphatic heterocycles. The van der Waals surface area contributed by atoms with E-state index in [4.69, 9.17) is 4.74 Å². The molecule has 0 fully saturated rings. The maximum absolute atomic E-state index is 5.26. The van der Waals surface area contributed by atoms with Gasteiger partial charge < -0.3 is 4.74 Å². The molecular formula is C10H16OS. The lowest BCUT2D eigenvalue weighted by Gasteiger charge is -2.01. The van der Waals surface area contributed by atoms with Crippen molar-refractivity contribution in [3.8, 4) is 0 Å². The van der Waals surface area contributed by atoms with Gasteiger partial charge in [0.05, 0.1) is 6.61 Å². The van der Waals surface area contributed by atoms with Gasteiger partial charge in [0.1, 0.15) is 5.76 Å². The fraction of sp³-hybridized carbons (Fsp3) is 0.400. The molecule has 2 heteroatoms. The number of rotatable bonds is 5. The SMILES string of the molecule is C=C/C(=C\C=C(/C)CS)OCC. The molecule has 0 radical (unpaired) electrons. The Hall–Kier alpha value is -0.630. The summed E-state index contributed by atoms with van der Waals surface area (Å²) in [6.07, 6.45) is 5.59. The van der Waals surface area contributed by atoms with Crippen molar-refractivity contribution in [3.05, 3.63) is 36.1 Å². The summed E-state index contributed by atoms with van der Waals surface area (Å²) < 4.78 is 5.26. The lowest BCUT2D eigenvalue weighted by Crippen LogP contribution is -1.86. The second kappa shape index (κ2) is 7.04. The van der Waals surface area contributed by atoms with Crippen LogP contribution in [0.25, 0.3) is 0 Å². The minimum Gasteiger partial charge on any atom is -0.494 e. The zero-order valence-corrected chi connectivity index (χ0v) is 8.60. The van der Waals surface area contributed by atoms with Gasteiger partial charge in [-0.15, -0.1) is 0 Å². The Labute approximate surface area is 80.2 Å². The third-order valence-corrected chi connectivity index (χ3v) is 1.79. The monoisotopic (exact) mass is 184 g/mol. The van der Waals surface area contributed by atoms with E-state index in [2.05, 4.69) is 19.2 Å². The maximum atomic E-state index is 5.26. The molecule has 1 nitrogen and oxygen atoms in total. The zero-order chi connectivity index (χ0) is 9.40. The molecule has 0 saturated heterocycles. The Morgan fingerprint density at radius 1 is 1.50 bits per heavy atom. The third kappa shape index (κ3) is 5.08. The van der Waals surface area contributed by atoms with Crippen LogP contribution >= 0.6 is 12.6 Å². The van der Waals surface area contributed by atoms with E-state index in [-0.39, 0.29) is 0 Å². The van der Waals surface area contributed by atoms with E-state index in [1.807, 2.05) is 26.0 Å². The van der Waals surface area contributed by atoms with Gasteiger partial charge in [0.2, 0.25) is 0 Å². The number of hydrogen-bond donors (Lipinski definition) is 1. The van der Waals surface area contributed by atoms with Crippen molar-refractivity contribution in [2.75, 3.05) is 12.4 Å². The highest BCUT2D eigenvalue weighted by Crippen LogP contribution is 2.02. The van der Waals surface area contributed by atoms with Crippen LogP contribution in [-0.4, -0.2) is 12.4 Å². The van der Waals surface area contributed by atoms with Crippen LogP contribution in [0.4, 0.5) is 0 Å². The van der Waals surface area contributed by atoms with E-state index in [1.165, 1.54) is 5.57 Å². The summed E-state index contributed by atoms with van der Waals surface area (Å²) in [5, 5.41) is 0. The van der Waals surface area contributed by atoms with Crippen LogP contribution in [-0.2, 0) is 4.74 Å². The van der Waals surface area contributed by atoms with Crippen molar-refractivity contribution in [3.63, 3.8) is 0 Å². The molecule has 0 N–H and O–H groups in total. The highest BCUT2D eigenvalue weighted by atomic mass is 32.1. The molecule has 0 bridgehead atoms. The second-order valence-electron chi connectivity index (χ2n) is 2.38. The average molecular weight is 184 g/mol. The first-order valence-corrected chi connectivity index (χ1v) is 4.61. The van der Waals surface area contributed by atoms with Crippen molar-refractivity contribution in [2.45, 2.75) is 13.8 Å². The van der Waals surface area contributed by atoms with Crippen LogP contribution in [0.5, 0.6) is 0 Å². The van der Waals surface area contributed by atoms with Crippen LogP contribution in [0.15, 0.2) is 36.1 Å². The Morgan fingerprint density at radius 2 is 2.17 bits per heavy atom. The summed E-state index contributed by atoms with van der Waals surface area (Å²) in [7, 11) is 0. The first kappa shape index (κ1) is 11.4. The number of thiol groups is 1. The summed E-state index contributed by atoms with van der Waals surface area (Å²) in [6.45, 7) is 8.29. The van der Waals surface area contributed by atoms with Gasteiger partial charge in [-0.1, -0.05) is 18.2 Å². The molecule has 0 aromatic carbocycles. The van der Waals surface area contributed by atoms with Crippen LogP contribution in [0.1, 0.15) is 13.8 Å². The van der Waals surface area contributed by atoms with Crippen molar-refractivity contribution in [1.29, 1.82) is 0 Å². The van der Waals surface area contributed by atoms with Gasteiger partial charge in [-0.25, -0.2) is 0 Å². The fourth-order valence-corrected chi connectivity index (χ4v) is 0.724. The van der Waals surface area contributed by atoms with Gasteiger partial charge in [-0.2, -0.15) is 12.6 Å². The summed E-state index contributed by atoms with van der Waals surface area (Å²) in [4.78, 5) is 0. The lowest BCUT2D eigenvalue weighted by atomic mass is 10.3. The standard InChI is InChI=1S/C10H16OS/c1-4-10(11-5-2)7-6-9(3)8-12/h4,6-7,12H,1,5,8H2,2-3H3/b9-6+,10-7+. The van der Waals surface area contributed by atoms with Crippen LogP contribution < -0.4 is 0 Å². The molecule has 0 saturated carbocycles. The van der Waals surface area contributed by atoms with Crippen LogP contribution in [0.2, 0.25) is 0 Å². The van der Waals surface area contributed by atoms with Crippen LogP contribution in [0, 0.1) is 0 Å². The Morgan fingerprint density at radius 3 is 2.58 bits per heavy atom. The zero-order valence-electron chi connectivity index (χ0n) is 7.71. The van der Waals surface area contributed by atoms with Crippen molar-refractivity contribution >= 4 is 12.6 Å². The minimum absolute atomic E-state index is 0.672. The van der Waals surface area contributed by atoms with E-state index >= 15 is 0 Å². The van der Waals surface area contributed by atoms with Crippen molar-refractivity contribution < 1.29 is 4.74 Å². The normalized spacial score (nSPS) is 12.9. The van der Waals surface area contributed by atoms with Gasteiger partial charge in [0.15, 0.2) is 0 Å². The molecule has 0 aliphatic carbocycles. The highest BCUT2D eigenvalue weighted by molar-refractivity contribution is 7.80. The number of hydrogen-bond acceptors (Lipinski definition) is 2. The largest absolute Gasteiger partial charge is 0.494 e. The smallest absolute Gasteiger partial charge is 0.118 e. The summed E-state index contributed by atoms with van der Waals surface area (Å²) >= 11 is 4.14. The fourth-order valence-electron chi connectivity index (χ4n) is 0.619. The Kier molecular flexibility index (Phi) is 6.67. The quantitative estimate of drug-likeness (QED) is 0.392. The third-order valence-electron chi connectivity index (χ3n) is 1.29. The molecule has 0 heterocycles. The van der Waals surface area contributed by atoms with E-state index in [0.717, 1.165) is 11.5 Å². The first-order valence-electron chi connectivity index (χ1n) is 3.98. The topological polar surface area (TPSA) is 9.23 Å². The Balaban J connectivity index is 4.18. The summed E-state index contributed by atoms with van der Waals surface area (Å²) in [5.74, 6) is 1.58. The first-order chi connectivity index (χ1) is 5.74. The van der Waals surface area contributed by atoms with Gasteiger partial charge in [-0.05, 0) is 26.0 Å².